The first-order chi connectivity index (χ1) is 14.2. The minimum atomic E-state index is -0.0258. The topological polar surface area (TPSA) is 70.8 Å². The fourth-order valence-corrected chi connectivity index (χ4v) is 5.20. The molecule has 1 unspecified atom stereocenters. The molecule has 0 radical (unpaired) electrons. The maximum absolute atomic E-state index is 13.3. The number of pyridine rings is 1. The summed E-state index contributed by atoms with van der Waals surface area (Å²) >= 11 is 1.47. The Morgan fingerprint density at radius 3 is 2.66 bits per heavy atom. The maximum atomic E-state index is 13.3. The molecule has 0 spiro atoms. The standard InChI is InChI=1S/C21H23N5O2S/c27-20(15-8-12-24(13-9-15)21(28)17-6-4-14-29-17)25-11-3-5-16(25)19-23-22-18-7-1-2-10-26(18)19/h1-2,4,6-7,10,14-16H,3,5,8-9,11-13H2. The first-order valence-corrected chi connectivity index (χ1v) is 11.0. The molecule has 3 aromatic heterocycles. The number of rotatable bonds is 3. The van der Waals surface area contributed by atoms with Gasteiger partial charge in [-0.3, -0.25) is 14.0 Å². The average Bonchev–Trinajstić information content (AvgIpc) is 3.53. The normalized spacial score (nSPS) is 20.5. The third-order valence-corrected chi connectivity index (χ3v) is 6.90. The van der Waals surface area contributed by atoms with Crippen molar-refractivity contribution >= 4 is 28.8 Å². The predicted octanol–water partition coefficient (Wildman–Crippen LogP) is 3.01. The second-order valence-electron chi connectivity index (χ2n) is 7.72. The average molecular weight is 410 g/mol. The van der Waals surface area contributed by atoms with E-state index < -0.39 is 0 Å². The van der Waals surface area contributed by atoms with E-state index >= 15 is 0 Å². The van der Waals surface area contributed by atoms with Gasteiger partial charge in [0.15, 0.2) is 11.5 Å². The summed E-state index contributed by atoms with van der Waals surface area (Å²) < 4.78 is 1.98. The van der Waals surface area contributed by atoms with Crippen LogP contribution in [0.3, 0.4) is 0 Å². The van der Waals surface area contributed by atoms with E-state index in [0.717, 1.165) is 48.6 Å². The summed E-state index contributed by atoms with van der Waals surface area (Å²) in [7, 11) is 0. The summed E-state index contributed by atoms with van der Waals surface area (Å²) in [5.41, 5.74) is 0.808. The molecular formula is C21H23N5O2S. The van der Waals surface area contributed by atoms with Gasteiger partial charge in [-0.15, -0.1) is 21.5 Å². The Morgan fingerprint density at radius 1 is 1.00 bits per heavy atom. The molecule has 8 heteroatoms. The van der Waals surface area contributed by atoms with Gasteiger partial charge < -0.3 is 9.80 Å². The molecule has 0 aliphatic carbocycles. The Bertz CT molecular complexity index is 1020. The Labute approximate surface area is 173 Å². The van der Waals surface area contributed by atoms with Gasteiger partial charge >= 0.3 is 0 Å². The third kappa shape index (κ3) is 3.31. The second kappa shape index (κ2) is 7.59. The quantitative estimate of drug-likeness (QED) is 0.667. The number of thiophene rings is 1. The summed E-state index contributed by atoms with van der Waals surface area (Å²) in [6.45, 7) is 2.04. The zero-order valence-electron chi connectivity index (χ0n) is 16.1. The van der Waals surface area contributed by atoms with Crippen LogP contribution in [0.1, 0.15) is 47.2 Å². The number of hydrogen-bond donors (Lipinski definition) is 0. The minimum Gasteiger partial charge on any atom is -0.338 e. The van der Waals surface area contributed by atoms with Crippen LogP contribution in [0.5, 0.6) is 0 Å². The largest absolute Gasteiger partial charge is 0.338 e. The molecule has 7 nitrogen and oxygen atoms in total. The van der Waals surface area contributed by atoms with Crippen LogP contribution in [0.2, 0.25) is 0 Å². The molecule has 5 heterocycles. The fraction of sp³-hybridized carbons (Fsp3) is 0.429. The molecule has 2 aliphatic heterocycles. The number of hydrogen-bond acceptors (Lipinski definition) is 5. The van der Waals surface area contributed by atoms with Crippen molar-refractivity contribution in [2.24, 2.45) is 5.92 Å². The van der Waals surface area contributed by atoms with Crippen molar-refractivity contribution in [3.05, 3.63) is 52.6 Å². The molecule has 3 aromatic rings. The van der Waals surface area contributed by atoms with Crippen molar-refractivity contribution in [3.8, 4) is 0 Å². The number of carbonyl (C=O) groups excluding carboxylic acids is 2. The Hall–Kier alpha value is -2.74. The van der Waals surface area contributed by atoms with E-state index in [9.17, 15) is 9.59 Å². The van der Waals surface area contributed by atoms with Crippen LogP contribution >= 0.6 is 11.3 Å². The third-order valence-electron chi connectivity index (χ3n) is 6.04. The van der Waals surface area contributed by atoms with Gasteiger partial charge in [0.05, 0.1) is 10.9 Å². The summed E-state index contributed by atoms with van der Waals surface area (Å²) in [5.74, 6) is 1.10. The summed E-state index contributed by atoms with van der Waals surface area (Å²) in [4.78, 5) is 30.5. The van der Waals surface area contributed by atoms with Crippen molar-refractivity contribution in [1.29, 1.82) is 0 Å². The van der Waals surface area contributed by atoms with Crippen LogP contribution in [-0.4, -0.2) is 55.8 Å². The monoisotopic (exact) mass is 409 g/mol. The van der Waals surface area contributed by atoms with Crippen LogP contribution in [0.15, 0.2) is 41.9 Å². The highest BCUT2D eigenvalue weighted by molar-refractivity contribution is 7.12. The molecule has 2 saturated heterocycles. The van der Waals surface area contributed by atoms with Gasteiger partial charge in [0, 0.05) is 31.7 Å². The Balaban J connectivity index is 1.27. The molecule has 5 rings (SSSR count). The molecule has 2 fully saturated rings. The number of piperidine rings is 1. The van der Waals surface area contributed by atoms with Crippen molar-refractivity contribution < 1.29 is 9.59 Å². The minimum absolute atomic E-state index is 0.0225. The highest BCUT2D eigenvalue weighted by Gasteiger charge is 2.38. The lowest BCUT2D eigenvalue weighted by Crippen LogP contribution is -2.44. The summed E-state index contributed by atoms with van der Waals surface area (Å²) in [6, 6.07) is 9.57. The van der Waals surface area contributed by atoms with Gasteiger partial charge in [0.25, 0.3) is 5.91 Å². The zero-order chi connectivity index (χ0) is 19.8. The lowest BCUT2D eigenvalue weighted by Gasteiger charge is -2.34. The Kier molecular flexibility index (Phi) is 4.79. The second-order valence-corrected chi connectivity index (χ2v) is 8.67. The first-order valence-electron chi connectivity index (χ1n) is 10.2. The summed E-state index contributed by atoms with van der Waals surface area (Å²) in [6.07, 6.45) is 5.30. The molecule has 0 N–H and O–H groups in total. The molecule has 0 bridgehead atoms. The van der Waals surface area contributed by atoms with Crippen molar-refractivity contribution in [2.75, 3.05) is 19.6 Å². The number of fused-ring (bicyclic) bond motifs is 1. The van der Waals surface area contributed by atoms with Crippen LogP contribution < -0.4 is 0 Å². The maximum Gasteiger partial charge on any atom is 0.263 e. The van der Waals surface area contributed by atoms with E-state index in [1.54, 1.807) is 0 Å². The zero-order valence-corrected chi connectivity index (χ0v) is 16.9. The highest BCUT2D eigenvalue weighted by atomic mass is 32.1. The first kappa shape index (κ1) is 18.3. The molecule has 0 aromatic carbocycles. The van der Waals surface area contributed by atoms with E-state index in [1.807, 2.05) is 56.1 Å². The molecule has 0 saturated carbocycles. The van der Waals surface area contributed by atoms with Gasteiger partial charge in [-0.2, -0.15) is 0 Å². The lowest BCUT2D eigenvalue weighted by molar-refractivity contribution is -0.138. The number of likely N-dealkylation sites (tertiary alicyclic amines) is 2. The number of aromatic nitrogens is 3. The Morgan fingerprint density at radius 2 is 1.86 bits per heavy atom. The molecule has 2 amide bonds. The smallest absolute Gasteiger partial charge is 0.263 e. The SMILES string of the molecule is O=C(c1cccs1)N1CCC(C(=O)N2CCCC2c2nnc3ccccn23)CC1. The van der Waals surface area contributed by atoms with Gasteiger partial charge in [0.1, 0.15) is 0 Å². The van der Waals surface area contributed by atoms with E-state index in [4.69, 9.17) is 0 Å². The summed E-state index contributed by atoms with van der Waals surface area (Å²) in [5, 5.41) is 10.6. The van der Waals surface area contributed by atoms with Crippen LogP contribution in [0.4, 0.5) is 0 Å². The van der Waals surface area contributed by atoms with Crippen LogP contribution in [0, 0.1) is 5.92 Å². The predicted molar refractivity (Wildman–Crippen MR) is 110 cm³/mol. The number of carbonyl (C=O) groups is 2. The van der Waals surface area contributed by atoms with Crippen molar-refractivity contribution in [1.82, 2.24) is 24.4 Å². The molecule has 150 valence electrons. The van der Waals surface area contributed by atoms with Gasteiger partial charge in [-0.05, 0) is 49.3 Å². The van der Waals surface area contributed by atoms with Crippen LogP contribution in [-0.2, 0) is 4.79 Å². The lowest BCUT2D eigenvalue weighted by atomic mass is 9.94. The van der Waals surface area contributed by atoms with Gasteiger partial charge in [-0.25, -0.2) is 0 Å². The van der Waals surface area contributed by atoms with Crippen molar-refractivity contribution in [3.63, 3.8) is 0 Å². The number of nitrogens with zero attached hydrogens (tertiary/aromatic N) is 5. The van der Waals surface area contributed by atoms with Gasteiger partial charge in [-0.1, -0.05) is 12.1 Å². The molecule has 2 aliphatic rings. The van der Waals surface area contributed by atoms with E-state index in [2.05, 4.69) is 10.2 Å². The van der Waals surface area contributed by atoms with E-state index in [1.165, 1.54) is 11.3 Å². The number of amides is 2. The fourth-order valence-electron chi connectivity index (χ4n) is 4.51. The van der Waals surface area contributed by atoms with Crippen LogP contribution in [0.25, 0.3) is 5.65 Å². The molecule has 1 atom stereocenters. The highest BCUT2D eigenvalue weighted by Crippen LogP contribution is 2.34. The van der Waals surface area contributed by atoms with E-state index in [-0.39, 0.29) is 23.8 Å². The van der Waals surface area contributed by atoms with Gasteiger partial charge in [0.2, 0.25) is 5.91 Å². The van der Waals surface area contributed by atoms with Crippen molar-refractivity contribution in [2.45, 2.75) is 31.7 Å². The molecule has 29 heavy (non-hydrogen) atoms. The molecular weight excluding hydrogens is 386 g/mol. The van der Waals surface area contributed by atoms with E-state index in [0.29, 0.717) is 13.1 Å².